The summed E-state index contributed by atoms with van der Waals surface area (Å²) in [5, 5.41) is 5.74. The molecule has 1 aliphatic rings. The average molecular weight is 475 g/mol. The van der Waals surface area contributed by atoms with E-state index >= 15 is 0 Å². The standard InChI is InChI=1S/C23H30N4O5S/c1-4-33(30,31)26-20-11-10-19(14-21(20)32-3)24-22(28)17-8-6-12-27(15-17)23(29)25-18-9-5-7-16(2)13-18/h5,7,9-11,13-14,17,26H,4,6,8,12,15H2,1-3H3,(H,24,28)(H,25,29). The van der Waals surface area contributed by atoms with Gasteiger partial charge in [-0.1, -0.05) is 12.1 Å². The van der Waals surface area contributed by atoms with Crippen LogP contribution in [0.4, 0.5) is 21.9 Å². The maximum absolute atomic E-state index is 12.9. The Labute approximate surface area is 194 Å². The molecule has 2 aromatic rings. The molecule has 0 saturated carbocycles. The van der Waals surface area contributed by atoms with Gasteiger partial charge in [-0.3, -0.25) is 9.52 Å². The number of rotatable bonds is 7. The summed E-state index contributed by atoms with van der Waals surface area (Å²) >= 11 is 0. The van der Waals surface area contributed by atoms with Crippen molar-refractivity contribution in [3.05, 3.63) is 48.0 Å². The SMILES string of the molecule is CCS(=O)(=O)Nc1ccc(NC(=O)C2CCCN(C(=O)Nc3cccc(C)c3)C2)cc1OC. The molecule has 1 atom stereocenters. The third kappa shape index (κ3) is 6.61. The Hall–Kier alpha value is -3.27. The molecule has 9 nitrogen and oxygen atoms in total. The maximum atomic E-state index is 12.9. The molecule has 1 saturated heterocycles. The second kappa shape index (κ2) is 10.6. The second-order valence-electron chi connectivity index (χ2n) is 7.99. The lowest BCUT2D eigenvalue weighted by Gasteiger charge is -2.32. The average Bonchev–Trinajstić information content (AvgIpc) is 2.80. The highest BCUT2D eigenvalue weighted by molar-refractivity contribution is 7.92. The first kappa shape index (κ1) is 24.4. The van der Waals surface area contributed by atoms with E-state index in [0.29, 0.717) is 36.6 Å². The predicted octanol–water partition coefficient (Wildman–Crippen LogP) is 3.65. The number of carbonyl (C=O) groups is 2. The van der Waals surface area contributed by atoms with Crippen molar-refractivity contribution in [1.82, 2.24) is 4.90 Å². The van der Waals surface area contributed by atoms with Crippen LogP contribution in [-0.2, 0) is 14.8 Å². The van der Waals surface area contributed by atoms with E-state index in [4.69, 9.17) is 4.74 Å². The van der Waals surface area contributed by atoms with E-state index in [1.165, 1.54) is 14.0 Å². The number of anilines is 3. The first-order chi connectivity index (χ1) is 15.7. The lowest BCUT2D eigenvalue weighted by Crippen LogP contribution is -2.45. The van der Waals surface area contributed by atoms with Crippen molar-refractivity contribution < 1.29 is 22.7 Å². The number of sulfonamides is 1. The van der Waals surface area contributed by atoms with Gasteiger partial charge in [-0.2, -0.15) is 0 Å². The van der Waals surface area contributed by atoms with Crippen molar-refractivity contribution in [3.8, 4) is 5.75 Å². The van der Waals surface area contributed by atoms with Crippen LogP contribution in [0, 0.1) is 12.8 Å². The van der Waals surface area contributed by atoms with E-state index in [1.54, 1.807) is 23.1 Å². The number of nitrogens with one attached hydrogen (secondary N) is 3. The molecular formula is C23H30N4O5S. The van der Waals surface area contributed by atoms with Gasteiger partial charge in [0.15, 0.2) is 0 Å². The third-order valence-corrected chi connectivity index (χ3v) is 6.75. The normalized spacial score (nSPS) is 16.1. The fraction of sp³-hybridized carbons (Fsp3) is 0.391. The molecule has 1 unspecified atom stereocenters. The molecule has 0 bridgehead atoms. The van der Waals surface area contributed by atoms with Gasteiger partial charge in [-0.15, -0.1) is 0 Å². The molecule has 1 fully saturated rings. The molecule has 3 amide bonds. The van der Waals surface area contributed by atoms with Crippen LogP contribution >= 0.6 is 0 Å². The summed E-state index contributed by atoms with van der Waals surface area (Å²) in [5.74, 6) is -0.324. The fourth-order valence-electron chi connectivity index (χ4n) is 3.64. The van der Waals surface area contributed by atoms with Crippen LogP contribution in [-0.4, -0.2) is 51.2 Å². The second-order valence-corrected chi connectivity index (χ2v) is 10.0. The number of hydrogen-bond acceptors (Lipinski definition) is 5. The van der Waals surface area contributed by atoms with Crippen molar-refractivity contribution in [1.29, 1.82) is 0 Å². The summed E-state index contributed by atoms with van der Waals surface area (Å²) in [6.45, 7) is 4.39. The Balaban J connectivity index is 1.63. The fourth-order valence-corrected chi connectivity index (χ4v) is 4.29. The lowest BCUT2D eigenvalue weighted by molar-refractivity contribution is -0.121. The van der Waals surface area contributed by atoms with Gasteiger partial charge in [0.25, 0.3) is 0 Å². The number of likely N-dealkylation sites (tertiary alicyclic amines) is 1. The van der Waals surface area contributed by atoms with Gasteiger partial charge in [0, 0.05) is 30.5 Å². The summed E-state index contributed by atoms with van der Waals surface area (Å²) in [4.78, 5) is 27.2. The van der Waals surface area contributed by atoms with Crippen molar-refractivity contribution >= 4 is 39.0 Å². The van der Waals surface area contributed by atoms with E-state index in [1.807, 2.05) is 31.2 Å². The zero-order valence-corrected chi connectivity index (χ0v) is 19.9. The highest BCUT2D eigenvalue weighted by Gasteiger charge is 2.28. The van der Waals surface area contributed by atoms with E-state index in [9.17, 15) is 18.0 Å². The molecule has 33 heavy (non-hydrogen) atoms. The molecule has 0 radical (unpaired) electrons. The maximum Gasteiger partial charge on any atom is 0.321 e. The van der Waals surface area contributed by atoms with Gasteiger partial charge >= 0.3 is 6.03 Å². The summed E-state index contributed by atoms with van der Waals surface area (Å²) in [5.41, 5.74) is 2.55. The highest BCUT2D eigenvalue weighted by atomic mass is 32.2. The van der Waals surface area contributed by atoms with Gasteiger partial charge in [0.1, 0.15) is 5.75 Å². The highest BCUT2D eigenvalue weighted by Crippen LogP contribution is 2.29. The number of carbonyl (C=O) groups excluding carboxylic acids is 2. The van der Waals surface area contributed by atoms with Crippen LogP contribution in [0.1, 0.15) is 25.3 Å². The number of hydrogen-bond donors (Lipinski definition) is 3. The summed E-state index contributed by atoms with van der Waals surface area (Å²) in [6.07, 6.45) is 1.39. The van der Waals surface area contributed by atoms with Crippen molar-refractivity contribution in [3.63, 3.8) is 0 Å². The van der Waals surface area contributed by atoms with Gasteiger partial charge in [-0.05, 0) is 56.5 Å². The Kier molecular flexibility index (Phi) is 7.80. The van der Waals surface area contributed by atoms with Crippen LogP contribution in [0.2, 0.25) is 0 Å². The molecule has 3 N–H and O–H groups in total. The third-order valence-electron chi connectivity index (χ3n) is 5.46. The molecule has 3 rings (SSSR count). The van der Waals surface area contributed by atoms with Crippen molar-refractivity contribution in [2.75, 3.05) is 41.3 Å². The number of piperidine rings is 1. The molecule has 0 aromatic heterocycles. The van der Waals surface area contributed by atoms with E-state index < -0.39 is 10.0 Å². The molecule has 0 spiro atoms. The topological polar surface area (TPSA) is 117 Å². The number of methoxy groups -OCH3 is 1. The number of ether oxygens (including phenoxy) is 1. The van der Waals surface area contributed by atoms with Gasteiger partial charge in [0.2, 0.25) is 15.9 Å². The Morgan fingerprint density at radius 3 is 2.58 bits per heavy atom. The van der Waals surface area contributed by atoms with Crippen molar-refractivity contribution in [2.24, 2.45) is 5.92 Å². The van der Waals surface area contributed by atoms with Crippen LogP contribution in [0.25, 0.3) is 0 Å². The van der Waals surface area contributed by atoms with E-state index in [-0.39, 0.29) is 23.6 Å². The molecule has 1 heterocycles. The lowest BCUT2D eigenvalue weighted by atomic mass is 9.97. The number of benzene rings is 2. The molecule has 10 heteroatoms. The van der Waals surface area contributed by atoms with E-state index in [0.717, 1.165) is 17.7 Å². The zero-order valence-electron chi connectivity index (χ0n) is 19.1. The number of nitrogens with zero attached hydrogens (tertiary/aromatic N) is 1. The Bertz CT molecular complexity index is 1120. The van der Waals surface area contributed by atoms with Crippen LogP contribution in [0.3, 0.4) is 0 Å². The van der Waals surface area contributed by atoms with Crippen LogP contribution < -0.4 is 20.1 Å². The van der Waals surface area contributed by atoms with Crippen LogP contribution in [0.15, 0.2) is 42.5 Å². The number of urea groups is 1. The molecule has 1 aliphatic heterocycles. The predicted molar refractivity (Wildman–Crippen MR) is 129 cm³/mol. The first-order valence-electron chi connectivity index (χ1n) is 10.8. The van der Waals surface area contributed by atoms with E-state index in [2.05, 4.69) is 15.4 Å². The number of amides is 3. The smallest absolute Gasteiger partial charge is 0.321 e. The van der Waals surface area contributed by atoms with Gasteiger partial charge < -0.3 is 20.3 Å². The quantitative estimate of drug-likeness (QED) is 0.566. The minimum atomic E-state index is -3.46. The monoisotopic (exact) mass is 474 g/mol. The molecule has 0 aliphatic carbocycles. The molecular weight excluding hydrogens is 444 g/mol. The largest absolute Gasteiger partial charge is 0.494 e. The molecule has 178 valence electrons. The van der Waals surface area contributed by atoms with Crippen molar-refractivity contribution in [2.45, 2.75) is 26.7 Å². The summed E-state index contributed by atoms with van der Waals surface area (Å²) < 4.78 is 31.4. The molecule has 2 aromatic carbocycles. The van der Waals surface area contributed by atoms with Crippen LogP contribution in [0.5, 0.6) is 5.75 Å². The summed E-state index contributed by atoms with van der Waals surface area (Å²) in [7, 11) is -2.03. The Morgan fingerprint density at radius 2 is 1.88 bits per heavy atom. The summed E-state index contributed by atoms with van der Waals surface area (Å²) in [6, 6.07) is 12.0. The Morgan fingerprint density at radius 1 is 1.12 bits per heavy atom. The zero-order chi connectivity index (χ0) is 24.0. The minimum absolute atomic E-state index is 0.0652. The number of aryl methyl sites for hydroxylation is 1. The van der Waals surface area contributed by atoms with Gasteiger partial charge in [0.05, 0.1) is 24.5 Å². The first-order valence-corrected chi connectivity index (χ1v) is 12.5. The van der Waals surface area contributed by atoms with Gasteiger partial charge in [-0.25, -0.2) is 13.2 Å². The minimum Gasteiger partial charge on any atom is -0.494 e.